The molecule has 122 valence electrons. The highest BCUT2D eigenvalue weighted by Crippen LogP contribution is 2.31. The summed E-state index contributed by atoms with van der Waals surface area (Å²) in [7, 11) is 1.44. The predicted molar refractivity (Wildman–Crippen MR) is 91.3 cm³/mol. The number of hydrogen-bond acceptors (Lipinski definition) is 4. The number of nitrogens with one attached hydrogen (secondary N) is 1. The summed E-state index contributed by atoms with van der Waals surface area (Å²) in [6.07, 6.45) is 1.47. The van der Waals surface area contributed by atoms with Crippen LogP contribution >= 0.6 is 0 Å². The van der Waals surface area contributed by atoms with Gasteiger partial charge in [0, 0.05) is 6.54 Å². The molecule has 0 aliphatic heterocycles. The molecule has 0 saturated carbocycles. The third kappa shape index (κ3) is 4.14. The lowest BCUT2D eigenvalue weighted by Crippen LogP contribution is -2.23. The van der Waals surface area contributed by atoms with Crippen molar-refractivity contribution in [2.24, 2.45) is 0 Å². The Labute approximate surface area is 140 Å². The Morgan fingerprint density at radius 3 is 2.67 bits per heavy atom. The molecular weight excluding hydrogens is 304 g/mol. The molecule has 0 radical (unpaired) electrons. The average molecular weight is 322 g/mol. The molecule has 2 aromatic rings. The van der Waals surface area contributed by atoms with Gasteiger partial charge in [-0.25, -0.2) is 0 Å². The summed E-state index contributed by atoms with van der Waals surface area (Å²) in [4.78, 5) is 12.2. The highest BCUT2D eigenvalue weighted by atomic mass is 16.5. The fourth-order valence-corrected chi connectivity index (χ4v) is 2.20. The second kappa shape index (κ2) is 7.84. The van der Waals surface area contributed by atoms with Crippen molar-refractivity contribution in [1.29, 1.82) is 5.26 Å². The summed E-state index contributed by atoms with van der Waals surface area (Å²) in [5.41, 5.74) is 2.14. The van der Waals surface area contributed by atoms with Crippen molar-refractivity contribution in [3.05, 3.63) is 64.7 Å². The molecule has 0 heterocycles. The Balaban J connectivity index is 2.18. The van der Waals surface area contributed by atoms with Gasteiger partial charge in [0.25, 0.3) is 5.91 Å². The van der Waals surface area contributed by atoms with E-state index in [1.165, 1.54) is 13.2 Å². The quantitative estimate of drug-likeness (QED) is 0.655. The number of benzene rings is 2. The van der Waals surface area contributed by atoms with E-state index in [1.807, 2.05) is 36.4 Å². The molecule has 2 N–H and O–H groups in total. The van der Waals surface area contributed by atoms with E-state index >= 15 is 0 Å². The molecule has 5 heteroatoms. The number of carbonyl (C=O) groups is 1. The normalized spacial score (nSPS) is 10.8. The fourth-order valence-electron chi connectivity index (χ4n) is 2.20. The molecular formula is C19H18N2O3. The van der Waals surface area contributed by atoms with Crippen LogP contribution in [0, 0.1) is 18.3 Å². The molecule has 0 fully saturated rings. The zero-order chi connectivity index (χ0) is 17.5. The molecule has 0 unspecified atom stereocenters. The maximum Gasteiger partial charge on any atom is 0.262 e. The third-order valence-corrected chi connectivity index (χ3v) is 3.48. The molecule has 24 heavy (non-hydrogen) atoms. The molecule has 0 aliphatic rings. The van der Waals surface area contributed by atoms with Crippen LogP contribution in [-0.4, -0.2) is 18.1 Å². The van der Waals surface area contributed by atoms with Crippen LogP contribution in [0.4, 0.5) is 0 Å². The second-order valence-electron chi connectivity index (χ2n) is 5.23. The first-order valence-corrected chi connectivity index (χ1v) is 7.36. The Hall–Kier alpha value is -3.26. The van der Waals surface area contributed by atoms with E-state index in [2.05, 4.69) is 5.32 Å². The van der Waals surface area contributed by atoms with Gasteiger partial charge in [-0.2, -0.15) is 5.26 Å². The molecule has 0 bridgehead atoms. The van der Waals surface area contributed by atoms with Gasteiger partial charge in [0.2, 0.25) is 0 Å². The molecule has 0 saturated heterocycles. The first-order valence-electron chi connectivity index (χ1n) is 7.36. The predicted octanol–water partition coefficient (Wildman–Crippen LogP) is 2.93. The number of nitriles is 1. The Morgan fingerprint density at radius 2 is 2.04 bits per heavy atom. The van der Waals surface area contributed by atoms with Crippen LogP contribution in [0.15, 0.2) is 48.0 Å². The molecule has 0 spiro atoms. The van der Waals surface area contributed by atoms with Crippen LogP contribution in [0.2, 0.25) is 0 Å². The zero-order valence-corrected chi connectivity index (χ0v) is 13.5. The minimum atomic E-state index is -0.453. The first-order chi connectivity index (χ1) is 11.5. The van der Waals surface area contributed by atoms with Crippen LogP contribution < -0.4 is 10.1 Å². The van der Waals surface area contributed by atoms with Crippen molar-refractivity contribution in [3.8, 4) is 17.6 Å². The molecule has 2 rings (SSSR count). The maximum atomic E-state index is 12.2. The Morgan fingerprint density at radius 1 is 1.33 bits per heavy atom. The van der Waals surface area contributed by atoms with Crippen LogP contribution in [0.1, 0.15) is 16.7 Å². The highest BCUT2D eigenvalue weighted by molar-refractivity contribution is 6.01. The number of amides is 1. The summed E-state index contributed by atoms with van der Waals surface area (Å²) in [5.74, 6) is -0.115. The molecule has 0 aliphatic carbocycles. The molecule has 2 aromatic carbocycles. The van der Waals surface area contributed by atoms with E-state index < -0.39 is 5.91 Å². The topological polar surface area (TPSA) is 82.3 Å². The van der Waals surface area contributed by atoms with E-state index in [0.29, 0.717) is 23.4 Å². The maximum absolute atomic E-state index is 12.2. The first kappa shape index (κ1) is 17.1. The average Bonchev–Trinajstić information content (AvgIpc) is 2.61. The summed E-state index contributed by atoms with van der Waals surface area (Å²) in [6.45, 7) is 2.06. The monoisotopic (exact) mass is 322 g/mol. The number of rotatable bonds is 5. The van der Waals surface area contributed by atoms with Gasteiger partial charge in [-0.15, -0.1) is 0 Å². The van der Waals surface area contributed by atoms with E-state index in [9.17, 15) is 15.2 Å². The third-order valence-electron chi connectivity index (χ3n) is 3.48. The van der Waals surface area contributed by atoms with E-state index in [-0.39, 0.29) is 11.3 Å². The largest absolute Gasteiger partial charge is 0.504 e. The van der Waals surface area contributed by atoms with Gasteiger partial charge in [0.05, 0.1) is 7.11 Å². The summed E-state index contributed by atoms with van der Waals surface area (Å²) >= 11 is 0. The number of hydrogen-bond donors (Lipinski definition) is 2. The minimum absolute atomic E-state index is 0.0157. The van der Waals surface area contributed by atoms with Crippen molar-refractivity contribution in [1.82, 2.24) is 5.32 Å². The van der Waals surface area contributed by atoms with Crippen molar-refractivity contribution in [2.75, 3.05) is 7.11 Å². The summed E-state index contributed by atoms with van der Waals surface area (Å²) in [6, 6.07) is 14.6. The van der Waals surface area contributed by atoms with Gasteiger partial charge >= 0.3 is 0 Å². The summed E-state index contributed by atoms with van der Waals surface area (Å²) < 4.78 is 5.08. The minimum Gasteiger partial charge on any atom is -0.504 e. The van der Waals surface area contributed by atoms with Crippen molar-refractivity contribution in [2.45, 2.75) is 13.5 Å². The number of phenols is 1. The summed E-state index contributed by atoms with van der Waals surface area (Å²) in [5, 5.41) is 21.8. The van der Waals surface area contributed by atoms with Crippen LogP contribution in [0.5, 0.6) is 11.5 Å². The number of carbonyl (C=O) groups excluding carboxylic acids is 1. The Kier molecular flexibility index (Phi) is 5.58. The molecule has 0 aromatic heterocycles. The number of aromatic hydroxyl groups is 1. The van der Waals surface area contributed by atoms with Gasteiger partial charge in [0.15, 0.2) is 11.5 Å². The van der Waals surface area contributed by atoms with Crippen molar-refractivity contribution >= 4 is 12.0 Å². The van der Waals surface area contributed by atoms with Gasteiger partial charge in [-0.3, -0.25) is 4.79 Å². The molecule has 1 amide bonds. The van der Waals surface area contributed by atoms with E-state index in [4.69, 9.17) is 4.74 Å². The smallest absolute Gasteiger partial charge is 0.262 e. The van der Waals surface area contributed by atoms with Crippen LogP contribution in [0.3, 0.4) is 0 Å². The lowest BCUT2D eigenvalue weighted by Gasteiger charge is -2.08. The fraction of sp³-hybridized carbons (Fsp3) is 0.158. The number of ether oxygens (including phenoxy) is 1. The second-order valence-corrected chi connectivity index (χ2v) is 5.23. The number of phenolic OH excluding ortho intramolecular Hbond substituents is 1. The van der Waals surface area contributed by atoms with Crippen LogP contribution in [-0.2, 0) is 11.3 Å². The van der Waals surface area contributed by atoms with E-state index in [1.54, 1.807) is 19.1 Å². The van der Waals surface area contributed by atoms with Crippen LogP contribution in [0.25, 0.3) is 6.08 Å². The van der Waals surface area contributed by atoms with E-state index in [0.717, 1.165) is 5.56 Å². The molecule has 5 nitrogen and oxygen atoms in total. The van der Waals surface area contributed by atoms with Crippen molar-refractivity contribution < 1.29 is 14.6 Å². The highest BCUT2D eigenvalue weighted by Gasteiger charge is 2.11. The lowest BCUT2D eigenvalue weighted by atomic mass is 10.1. The van der Waals surface area contributed by atoms with Gasteiger partial charge < -0.3 is 15.2 Å². The number of aryl methyl sites for hydroxylation is 1. The van der Waals surface area contributed by atoms with Gasteiger partial charge in [0.1, 0.15) is 11.6 Å². The van der Waals surface area contributed by atoms with Gasteiger partial charge in [-0.1, -0.05) is 30.3 Å². The van der Waals surface area contributed by atoms with Gasteiger partial charge in [-0.05, 0) is 41.8 Å². The SMILES string of the molecule is COc1cc(C=C(C#N)C(=O)NCc2ccccc2)cc(C)c1O. The van der Waals surface area contributed by atoms with Crippen molar-refractivity contribution in [3.63, 3.8) is 0 Å². The Bertz CT molecular complexity index is 805. The zero-order valence-electron chi connectivity index (χ0n) is 13.5. The lowest BCUT2D eigenvalue weighted by molar-refractivity contribution is -0.117. The number of nitrogens with zero attached hydrogens (tertiary/aromatic N) is 1. The standard InChI is InChI=1S/C19H18N2O3/c1-13-8-15(10-17(24-2)18(13)22)9-16(11-20)19(23)21-12-14-6-4-3-5-7-14/h3-10,22H,12H2,1-2H3,(H,21,23). The number of methoxy groups -OCH3 is 1. The molecule has 0 atom stereocenters.